The van der Waals surface area contributed by atoms with E-state index in [-0.39, 0.29) is 5.12 Å². The molecule has 1 aromatic carbocycles. The molecule has 0 heterocycles. The van der Waals surface area contributed by atoms with Crippen LogP contribution in [0, 0.1) is 6.92 Å². The van der Waals surface area contributed by atoms with Crippen molar-refractivity contribution in [2.75, 3.05) is 11.5 Å². The van der Waals surface area contributed by atoms with Crippen LogP contribution in [0.3, 0.4) is 0 Å². The Kier molecular flexibility index (Phi) is 6.13. The number of aryl methyl sites for hydroxylation is 1. The maximum Gasteiger partial charge on any atom is 0.185 e. The summed E-state index contributed by atoms with van der Waals surface area (Å²) in [5.41, 5.74) is 7.48. The number of carbonyl (C=O) groups excluding carboxylic acids is 1. The van der Waals surface area contributed by atoms with Crippen molar-refractivity contribution in [2.24, 2.45) is 0 Å². The van der Waals surface area contributed by atoms with Crippen molar-refractivity contribution in [3.8, 4) is 0 Å². The summed E-state index contributed by atoms with van der Waals surface area (Å²) in [6.07, 6.45) is -1.65. The lowest BCUT2D eigenvalue weighted by Gasteiger charge is -2.19. The number of aliphatic hydroxyl groups is 2. The predicted molar refractivity (Wildman–Crippen MR) is 79.3 cm³/mol. The van der Waals surface area contributed by atoms with E-state index in [1.54, 1.807) is 19.1 Å². The van der Waals surface area contributed by atoms with Gasteiger partial charge in [0.05, 0.1) is 16.8 Å². The monoisotopic (exact) mass is 303 g/mol. The molecule has 0 fully saturated rings. The molecule has 1 rings (SSSR count). The minimum Gasteiger partial charge on any atom is -0.397 e. The molecule has 2 atom stereocenters. The fourth-order valence-corrected chi connectivity index (χ4v) is 2.58. The van der Waals surface area contributed by atoms with Crippen LogP contribution in [-0.4, -0.2) is 27.2 Å². The number of benzene rings is 1. The summed E-state index contributed by atoms with van der Waals surface area (Å²) in [5, 5.41) is 20.3. The highest BCUT2D eigenvalue weighted by Gasteiger charge is 2.20. The van der Waals surface area contributed by atoms with Gasteiger partial charge in [0.1, 0.15) is 6.10 Å². The summed E-state index contributed by atoms with van der Waals surface area (Å²) in [6, 6.07) is 3.25. The molecule has 4 nitrogen and oxygen atoms in total. The van der Waals surface area contributed by atoms with Gasteiger partial charge in [-0.25, -0.2) is 0 Å². The SMILES string of the molecule is CC(=O)SCCC(O)C(O)c1cc(C)c(N)c(Cl)c1. The first-order valence-electron chi connectivity index (χ1n) is 5.88. The van der Waals surface area contributed by atoms with E-state index in [0.717, 1.165) is 17.3 Å². The van der Waals surface area contributed by atoms with Crippen molar-refractivity contribution in [3.05, 3.63) is 28.3 Å². The number of rotatable bonds is 5. The van der Waals surface area contributed by atoms with Crippen molar-refractivity contribution in [3.63, 3.8) is 0 Å². The Morgan fingerprint density at radius 1 is 1.47 bits per heavy atom. The molecule has 0 aliphatic heterocycles. The Hall–Kier alpha value is -0.750. The number of anilines is 1. The summed E-state index contributed by atoms with van der Waals surface area (Å²) in [7, 11) is 0. The van der Waals surface area contributed by atoms with Crippen LogP contribution in [0.2, 0.25) is 5.02 Å². The first-order chi connectivity index (χ1) is 8.82. The Morgan fingerprint density at radius 2 is 2.11 bits per heavy atom. The molecule has 0 aliphatic carbocycles. The van der Waals surface area contributed by atoms with E-state index >= 15 is 0 Å². The van der Waals surface area contributed by atoms with Gasteiger partial charge < -0.3 is 15.9 Å². The van der Waals surface area contributed by atoms with Crippen molar-refractivity contribution in [1.82, 2.24) is 0 Å². The van der Waals surface area contributed by atoms with Gasteiger partial charge in [-0.1, -0.05) is 29.4 Å². The van der Waals surface area contributed by atoms with Gasteiger partial charge in [0, 0.05) is 12.7 Å². The van der Waals surface area contributed by atoms with Crippen LogP contribution >= 0.6 is 23.4 Å². The molecule has 0 radical (unpaired) electrons. The molecule has 4 N–H and O–H groups in total. The van der Waals surface area contributed by atoms with Crippen molar-refractivity contribution in [2.45, 2.75) is 32.5 Å². The molecule has 106 valence electrons. The third-order valence-electron chi connectivity index (χ3n) is 2.78. The van der Waals surface area contributed by atoms with Gasteiger partial charge >= 0.3 is 0 Å². The zero-order valence-electron chi connectivity index (χ0n) is 10.9. The molecule has 2 unspecified atom stereocenters. The van der Waals surface area contributed by atoms with Crippen LogP contribution in [0.4, 0.5) is 5.69 Å². The quantitative estimate of drug-likeness (QED) is 0.727. The summed E-state index contributed by atoms with van der Waals surface area (Å²) in [6.45, 7) is 3.26. The topological polar surface area (TPSA) is 83.5 Å². The molecule has 0 saturated heterocycles. The predicted octanol–water partition coefficient (Wildman–Crippen LogP) is 2.29. The highest BCUT2D eigenvalue weighted by molar-refractivity contribution is 8.13. The highest BCUT2D eigenvalue weighted by Crippen LogP contribution is 2.29. The van der Waals surface area contributed by atoms with E-state index in [1.165, 1.54) is 6.92 Å². The molecular weight excluding hydrogens is 286 g/mol. The fourth-order valence-electron chi connectivity index (χ4n) is 1.66. The van der Waals surface area contributed by atoms with E-state index in [2.05, 4.69) is 0 Å². The highest BCUT2D eigenvalue weighted by atomic mass is 35.5. The van der Waals surface area contributed by atoms with Crippen LogP contribution in [0.25, 0.3) is 0 Å². The second-order valence-corrected chi connectivity index (χ2v) is 6.05. The van der Waals surface area contributed by atoms with Crippen molar-refractivity contribution >= 4 is 34.2 Å². The number of aliphatic hydroxyl groups excluding tert-OH is 2. The molecular formula is C13H18ClNO3S. The van der Waals surface area contributed by atoms with Gasteiger partial charge in [0.2, 0.25) is 0 Å². The van der Waals surface area contributed by atoms with E-state index in [0.29, 0.717) is 28.4 Å². The average molecular weight is 304 g/mol. The second-order valence-electron chi connectivity index (χ2n) is 4.37. The maximum atomic E-state index is 10.8. The Balaban J connectivity index is 2.71. The lowest BCUT2D eigenvalue weighted by molar-refractivity contribution is -0.109. The summed E-state index contributed by atoms with van der Waals surface area (Å²) in [5.74, 6) is 0.468. The smallest absolute Gasteiger partial charge is 0.185 e. The van der Waals surface area contributed by atoms with Crippen molar-refractivity contribution < 1.29 is 15.0 Å². The van der Waals surface area contributed by atoms with Crippen LogP contribution < -0.4 is 5.73 Å². The zero-order chi connectivity index (χ0) is 14.6. The largest absolute Gasteiger partial charge is 0.397 e. The third-order valence-corrected chi connectivity index (χ3v) is 3.94. The zero-order valence-corrected chi connectivity index (χ0v) is 12.5. The number of carbonyl (C=O) groups is 1. The molecule has 19 heavy (non-hydrogen) atoms. The number of hydrogen-bond acceptors (Lipinski definition) is 5. The molecule has 0 aliphatic rings. The van der Waals surface area contributed by atoms with Crippen molar-refractivity contribution in [1.29, 1.82) is 0 Å². The van der Waals surface area contributed by atoms with Crippen LogP contribution in [-0.2, 0) is 4.79 Å². The standard InChI is InChI=1S/C13H18ClNO3S/c1-7-5-9(6-10(14)12(7)15)13(18)11(17)3-4-19-8(2)16/h5-6,11,13,17-18H,3-4,15H2,1-2H3. The summed E-state index contributed by atoms with van der Waals surface area (Å²) >= 11 is 7.07. The maximum absolute atomic E-state index is 10.8. The minimum absolute atomic E-state index is 0.00642. The van der Waals surface area contributed by atoms with E-state index in [1.807, 2.05) is 0 Å². The van der Waals surface area contributed by atoms with Crippen LogP contribution in [0.1, 0.15) is 30.6 Å². The number of thioether (sulfide) groups is 1. The molecule has 1 aromatic rings. The molecule has 0 aromatic heterocycles. The number of nitrogens with two attached hydrogens (primary N) is 1. The second kappa shape index (κ2) is 7.14. The first kappa shape index (κ1) is 16.3. The van der Waals surface area contributed by atoms with Gasteiger partial charge in [-0.3, -0.25) is 4.79 Å². The third kappa shape index (κ3) is 4.69. The van der Waals surface area contributed by atoms with Crippen LogP contribution in [0.15, 0.2) is 12.1 Å². The molecule has 0 bridgehead atoms. The summed E-state index contributed by atoms with van der Waals surface area (Å²) < 4.78 is 0. The van der Waals surface area contributed by atoms with Crippen LogP contribution in [0.5, 0.6) is 0 Å². The van der Waals surface area contributed by atoms with Gasteiger partial charge in [-0.15, -0.1) is 0 Å². The normalized spacial score (nSPS) is 14.2. The fraction of sp³-hybridized carbons (Fsp3) is 0.462. The Bertz CT molecular complexity index is 444. The lowest BCUT2D eigenvalue weighted by Crippen LogP contribution is -2.19. The van der Waals surface area contributed by atoms with Gasteiger partial charge in [0.25, 0.3) is 0 Å². The average Bonchev–Trinajstić information content (AvgIpc) is 2.33. The van der Waals surface area contributed by atoms with Gasteiger partial charge in [-0.2, -0.15) is 0 Å². The first-order valence-corrected chi connectivity index (χ1v) is 7.24. The van der Waals surface area contributed by atoms with Gasteiger partial charge in [-0.05, 0) is 30.5 Å². The summed E-state index contributed by atoms with van der Waals surface area (Å²) in [4.78, 5) is 10.8. The molecule has 0 saturated carbocycles. The Morgan fingerprint density at radius 3 is 2.63 bits per heavy atom. The Labute approximate surface area is 122 Å². The van der Waals surface area contributed by atoms with E-state index in [4.69, 9.17) is 17.3 Å². The number of hydrogen-bond donors (Lipinski definition) is 3. The van der Waals surface area contributed by atoms with E-state index < -0.39 is 12.2 Å². The van der Waals surface area contributed by atoms with Gasteiger partial charge in [0.15, 0.2) is 5.12 Å². The molecule has 0 spiro atoms. The lowest BCUT2D eigenvalue weighted by atomic mass is 10.00. The molecule has 6 heteroatoms. The number of nitrogen functional groups attached to an aromatic ring is 1. The molecule has 0 amide bonds. The van der Waals surface area contributed by atoms with E-state index in [9.17, 15) is 15.0 Å². The minimum atomic E-state index is -1.04. The number of halogens is 1.